The molecule has 0 bridgehead atoms. The number of hydrogen-bond acceptors (Lipinski definition) is 5. The Morgan fingerprint density at radius 3 is 2.48 bits per heavy atom. The van der Waals surface area contributed by atoms with Crippen molar-refractivity contribution in [2.75, 3.05) is 13.2 Å². The molecule has 0 saturated carbocycles. The van der Waals surface area contributed by atoms with Gasteiger partial charge >= 0.3 is 0 Å². The Hall–Kier alpha value is -2.58. The number of benzene rings is 2. The van der Waals surface area contributed by atoms with Crippen LogP contribution in [0.1, 0.15) is 18.4 Å². The van der Waals surface area contributed by atoms with Crippen LogP contribution in [0.4, 0.5) is 0 Å². The lowest BCUT2D eigenvalue weighted by molar-refractivity contribution is -0.130. The Balaban J connectivity index is 1.62. The van der Waals surface area contributed by atoms with Gasteiger partial charge in [-0.2, -0.15) is 0 Å². The first kappa shape index (κ1) is 21.1. The van der Waals surface area contributed by atoms with E-state index >= 15 is 0 Å². The minimum Gasteiger partial charge on any atom is -0.492 e. The highest BCUT2D eigenvalue weighted by molar-refractivity contribution is 7.89. The number of amides is 2. The van der Waals surface area contributed by atoms with Gasteiger partial charge in [-0.15, -0.1) is 0 Å². The summed E-state index contributed by atoms with van der Waals surface area (Å²) < 4.78 is 32.0. The van der Waals surface area contributed by atoms with Gasteiger partial charge < -0.3 is 10.1 Å². The minimum absolute atomic E-state index is 0.00442. The van der Waals surface area contributed by atoms with Gasteiger partial charge in [0.25, 0.3) is 10.0 Å². The Morgan fingerprint density at radius 1 is 1.17 bits per heavy atom. The van der Waals surface area contributed by atoms with Crippen molar-refractivity contribution >= 4 is 33.4 Å². The first-order valence-corrected chi connectivity index (χ1v) is 10.9. The van der Waals surface area contributed by atoms with Crippen molar-refractivity contribution < 1.29 is 22.7 Å². The van der Waals surface area contributed by atoms with Crippen LogP contribution < -0.4 is 10.1 Å². The molecule has 29 heavy (non-hydrogen) atoms. The lowest BCUT2D eigenvalue weighted by Crippen LogP contribution is -2.48. The van der Waals surface area contributed by atoms with E-state index in [1.165, 1.54) is 12.1 Å². The zero-order valence-corrected chi connectivity index (χ0v) is 17.4. The van der Waals surface area contributed by atoms with Gasteiger partial charge in [-0.1, -0.05) is 29.3 Å². The van der Waals surface area contributed by atoms with Gasteiger partial charge in [-0.25, -0.2) is 12.7 Å². The van der Waals surface area contributed by atoms with Gasteiger partial charge in [-0.3, -0.25) is 9.59 Å². The molecule has 0 spiro atoms. The van der Waals surface area contributed by atoms with E-state index in [-0.39, 0.29) is 30.9 Å². The van der Waals surface area contributed by atoms with Gasteiger partial charge in [0.05, 0.1) is 11.4 Å². The smallest absolute Gasteiger partial charge is 0.267 e. The highest BCUT2D eigenvalue weighted by atomic mass is 35.5. The van der Waals surface area contributed by atoms with Crippen molar-refractivity contribution in [2.45, 2.75) is 30.7 Å². The molecule has 3 rings (SSSR count). The summed E-state index contributed by atoms with van der Waals surface area (Å²) in [6, 6.07) is 11.9. The van der Waals surface area contributed by atoms with Gasteiger partial charge in [0.2, 0.25) is 11.8 Å². The summed E-state index contributed by atoms with van der Waals surface area (Å²) in [6.45, 7) is 2.20. The molecular formula is C20H21ClN2O5S. The summed E-state index contributed by atoms with van der Waals surface area (Å²) >= 11 is 5.81. The molecule has 2 aromatic carbocycles. The van der Waals surface area contributed by atoms with Crippen molar-refractivity contribution in [2.24, 2.45) is 0 Å². The molecular weight excluding hydrogens is 416 g/mol. The molecule has 1 atom stereocenters. The number of hydrogen-bond donors (Lipinski definition) is 1. The number of nitrogens with zero attached hydrogens (tertiary/aromatic N) is 1. The maximum Gasteiger partial charge on any atom is 0.267 e. The molecule has 2 amide bonds. The average Bonchev–Trinajstić information content (AvgIpc) is 3.09. The van der Waals surface area contributed by atoms with Crippen LogP contribution in [-0.2, 0) is 19.6 Å². The standard InChI is InChI=1S/C20H21ClN2O5S/c1-14-2-8-17(9-3-14)29(26,27)23-18(10-11-19(23)24)20(25)22-12-13-28-16-6-4-15(21)5-7-16/h2-9,18H,10-13H2,1H3,(H,22,25). The molecule has 0 radical (unpaired) electrons. The Morgan fingerprint density at radius 2 is 1.83 bits per heavy atom. The van der Waals surface area contributed by atoms with E-state index in [0.29, 0.717) is 15.1 Å². The third kappa shape index (κ3) is 4.89. The molecule has 154 valence electrons. The number of sulfonamides is 1. The second-order valence-corrected chi connectivity index (χ2v) is 8.91. The number of nitrogens with one attached hydrogen (secondary N) is 1. The highest BCUT2D eigenvalue weighted by Crippen LogP contribution is 2.27. The third-order valence-corrected chi connectivity index (χ3v) is 6.62. The van der Waals surface area contributed by atoms with Crippen LogP contribution >= 0.6 is 11.6 Å². The van der Waals surface area contributed by atoms with Crippen LogP contribution in [0, 0.1) is 6.92 Å². The maximum absolute atomic E-state index is 12.9. The van der Waals surface area contributed by atoms with Crippen molar-refractivity contribution in [1.82, 2.24) is 9.62 Å². The summed E-state index contributed by atoms with van der Waals surface area (Å²) in [7, 11) is -4.10. The summed E-state index contributed by atoms with van der Waals surface area (Å²) in [5, 5.41) is 3.23. The number of carbonyl (C=O) groups excluding carboxylic acids is 2. The maximum atomic E-state index is 12.9. The molecule has 7 nitrogen and oxygen atoms in total. The summed E-state index contributed by atoms with van der Waals surface area (Å²) in [6.07, 6.45) is 0.151. The van der Waals surface area contributed by atoms with Crippen LogP contribution in [-0.4, -0.2) is 43.7 Å². The molecule has 1 fully saturated rings. The molecule has 1 unspecified atom stereocenters. The summed E-state index contributed by atoms with van der Waals surface area (Å²) in [5.74, 6) is -0.502. The van der Waals surface area contributed by atoms with Crippen molar-refractivity contribution in [3.05, 3.63) is 59.1 Å². The van der Waals surface area contributed by atoms with E-state index in [1.54, 1.807) is 36.4 Å². The number of carbonyl (C=O) groups is 2. The first-order valence-electron chi connectivity index (χ1n) is 9.09. The molecule has 0 aliphatic carbocycles. The lowest BCUT2D eigenvalue weighted by atomic mass is 10.2. The third-order valence-electron chi connectivity index (χ3n) is 4.52. The van der Waals surface area contributed by atoms with Crippen LogP contribution in [0.15, 0.2) is 53.4 Å². The lowest BCUT2D eigenvalue weighted by Gasteiger charge is -2.23. The number of halogens is 1. The molecule has 0 aromatic heterocycles. The number of aryl methyl sites for hydroxylation is 1. The summed E-state index contributed by atoms with van der Waals surface area (Å²) in [4.78, 5) is 24.8. The molecule has 1 heterocycles. The van der Waals surface area contributed by atoms with E-state index in [9.17, 15) is 18.0 Å². The quantitative estimate of drug-likeness (QED) is 0.673. The van der Waals surface area contributed by atoms with E-state index in [2.05, 4.69) is 5.32 Å². The normalized spacial score (nSPS) is 16.7. The van der Waals surface area contributed by atoms with Crippen LogP contribution in [0.5, 0.6) is 5.75 Å². The zero-order chi connectivity index (χ0) is 21.0. The second-order valence-electron chi connectivity index (χ2n) is 6.66. The largest absolute Gasteiger partial charge is 0.492 e. The van der Waals surface area contributed by atoms with Gasteiger partial charge in [-0.05, 0) is 49.7 Å². The zero-order valence-electron chi connectivity index (χ0n) is 15.8. The van der Waals surface area contributed by atoms with Crippen molar-refractivity contribution in [3.63, 3.8) is 0 Å². The summed E-state index contributed by atoms with van der Waals surface area (Å²) in [5.41, 5.74) is 0.895. The predicted molar refractivity (Wildman–Crippen MR) is 108 cm³/mol. The van der Waals surface area contributed by atoms with E-state index in [1.807, 2.05) is 6.92 Å². The molecule has 9 heteroatoms. The van der Waals surface area contributed by atoms with Gasteiger partial charge in [0, 0.05) is 11.4 Å². The van der Waals surface area contributed by atoms with E-state index in [0.717, 1.165) is 5.56 Å². The molecule has 1 aliphatic rings. The fraction of sp³-hybridized carbons (Fsp3) is 0.300. The van der Waals surface area contributed by atoms with E-state index < -0.39 is 27.9 Å². The van der Waals surface area contributed by atoms with Gasteiger partial charge in [0.15, 0.2) is 0 Å². The van der Waals surface area contributed by atoms with E-state index in [4.69, 9.17) is 16.3 Å². The predicted octanol–water partition coefficient (Wildman–Crippen LogP) is 2.52. The molecule has 1 saturated heterocycles. The monoisotopic (exact) mass is 436 g/mol. The first-order chi connectivity index (χ1) is 13.8. The molecule has 2 aromatic rings. The van der Waals surface area contributed by atoms with Crippen molar-refractivity contribution in [1.29, 1.82) is 0 Å². The Bertz CT molecular complexity index is 991. The second kappa shape index (κ2) is 8.84. The van der Waals surface area contributed by atoms with Gasteiger partial charge in [0.1, 0.15) is 18.4 Å². The van der Waals surface area contributed by atoms with Crippen LogP contribution in [0.25, 0.3) is 0 Å². The SMILES string of the molecule is Cc1ccc(S(=O)(=O)N2C(=O)CCC2C(=O)NCCOc2ccc(Cl)cc2)cc1. The fourth-order valence-corrected chi connectivity index (χ4v) is 4.74. The van der Waals surface area contributed by atoms with Crippen molar-refractivity contribution in [3.8, 4) is 5.75 Å². The Kier molecular flexibility index (Phi) is 6.44. The number of ether oxygens (including phenoxy) is 1. The molecule has 1 aliphatic heterocycles. The fourth-order valence-electron chi connectivity index (χ4n) is 3.02. The van der Waals surface area contributed by atoms with Crippen LogP contribution in [0.3, 0.4) is 0 Å². The topological polar surface area (TPSA) is 92.8 Å². The Labute approximate surface area is 174 Å². The van der Waals surface area contributed by atoms with Crippen LogP contribution in [0.2, 0.25) is 5.02 Å². The number of rotatable bonds is 7. The minimum atomic E-state index is -4.10. The average molecular weight is 437 g/mol. The highest BCUT2D eigenvalue weighted by Gasteiger charge is 2.44. The molecule has 1 N–H and O–H groups in total.